The van der Waals surface area contributed by atoms with E-state index in [-0.39, 0.29) is 24.2 Å². The largest absolute Gasteiger partial charge is 0.481 e. The summed E-state index contributed by atoms with van der Waals surface area (Å²) in [7, 11) is 0. The first kappa shape index (κ1) is 16.4. The number of aliphatic carboxylic acids is 1. The lowest BCUT2D eigenvalue weighted by atomic mass is 9.89. The van der Waals surface area contributed by atoms with E-state index in [1.165, 1.54) is 18.3 Å². The average Bonchev–Trinajstić information content (AvgIpc) is 3.22. The molecule has 2 atom stereocenters. The van der Waals surface area contributed by atoms with E-state index >= 15 is 0 Å². The first-order valence-corrected chi connectivity index (χ1v) is 8.52. The Morgan fingerprint density at radius 2 is 1.88 bits per heavy atom. The summed E-state index contributed by atoms with van der Waals surface area (Å²) >= 11 is 1.22. The second-order valence-corrected chi connectivity index (χ2v) is 6.84. The van der Waals surface area contributed by atoms with Gasteiger partial charge in [0.05, 0.1) is 10.8 Å². The summed E-state index contributed by atoms with van der Waals surface area (Å²) in [5.74, 6) is -2.03. The smallest absolute Gasteiger partial charge is 0.308 e. The van der Waals surface area contributed by atoms with Gasteiger partial charge in [-0.15, -0.1) is 11.3 Å². The molecule has 3 rings (SSSR count). The summed E-state index contributed by atoms with van der Waals surface area (Å²) < 4.78 is 0. The Bertz CT molecular complexity index is 783. The molecule has 1 aromatic carbocycles. The fraction of sp³-hybridized carbons (Fsp3) is 0.278. The highest BCUT2D eigenvalue weighted by atomic mass is 32.1. The SMILES string of the molecule is CC(=O)c1csc(C(=O)N2CC(C(=O)O)C(c3ccccc3)C2)c1. The zero-order valence-corrected chi connectivity index (χ0v) is 14.0. The van der Waals surface area contributed by atoms with E-state index in [1.807, 2.05) is 30.3 Å². The highest BCUT2D eigenvalue weighted by Crippen LogP contribution is 2.34. The second-order valence-electron chi connectivity index (χ2n) is 5.93. The molecule has 124 valence electrons. The minimum Gasteiger partial charge on any atom is -0.481 e. The monoisotopic (exact) mass is 343 g/mol. The van der Waals surface area contributed by atoms with Crippen molar-refractivity contribution in [3.05, 3.63) is 57.8 Å². The molecule has 0 bridgehead atoms. The lowest BCUT2D eigenvalue weighted by molar-refractivity contribution is -0.141. The third-order valence-electron chi connectivity index (χ3n) is 4.37. The van der Waals surface area contributed by atoms with Crippen LogP contribution in [0.3, 0.4) is 0 Å². The van der Waals surface area contributed by atoms with Crippen molar-refractivity contribution in [3.8, 4) is 0 Å². The molecule has 24 heavy (non-hydrogen) atoms. The van der Waals surface area contributed by atoms with Gasteiger partial charge < -0.3 is 10.0 Å². The van der Waals surface area contributed by atoms with Crippen LogP contribution in [-0.2, 0) is 4.79 Å². The van der Waals surface area contributed by atoms with Crippen molar-refractivity contribution >= 4 is 29.0 Å². The molecule has 2 aromatic rings. The number of rotatable bonds is 4. The number of hydrogen-bond donors (Lipinski definition) is 1. The van der Waals surface area contributed by atoms with E-state index in [0.29, 0.717) is 17.0 Å². The standard InChI is InChI=1S/C18H17NO4S/c1-11(20)13-7-16(24-10-13)17(21)19-8-14(15(9-19)18(22)23)12-5-3-2-4-6-12/h2-7,10,14-15H,8-9H2,1H3,(H,22,23). The number of carboxylic acid groups (broad SMARTS) is 1. The van der Waals surface area contributed by atoms with Crippen molar-refractivity contribution in [2.75, 3.05) is 13.1 Å². The van der Waals surface area contributed by atoms with Gasteiger partial charge in [0.15, 0.2) is 5.78 Å². The molecule has 1 N–H and O–H groups in total. The van der Waals surface area contributed by atoms with Crippen LogP contribution in [0.2, 0.25) is 0 Å². The van der Waals surface area contributed by atoms with Gasteiger partial charge in [-0.1, -0.05) is 30.3 Å². The quantitative estimate of drug-likeness (QED) is 0.866. The van der Waals surface area contributed by atoms with Gasteiger partial charge in [-0.25, -0.2) is 0 Å². The molecule has 1 amide bonds. The number of carbonyl (C=O) groups is 3. The Morgan fingerprint density at radius 1 is 1.17 bits per heavy atom. The first-order valence-electron chi connectivity index (χ1n) is 7.64. The number of thiophene rings is 1. The van der Waals surface area contributed by atoms with Crippen LogP contribution in [0.1, 0.15) is 38.4 Å². The van der Waals surface area contributed by atoms with Crippen LogP contribution in [0.4, 0.5) is 0 Å². The fourth-order valence-corrected chi connectivity index (χ4v) is 3.96. The Balaban J connectivity index is 1.83. The lowest BCUT2D eigenvalue weighted by Gasteiger charge is -2.15. The number of benzene rings is 1. The summed E-state index contributed by atoms with van der Waals surface area (Å²) in [5.41, 5.74) is 1.44. The van der Waals surface area contributed by atoms with Crippen molar-refractivity contribution < 1.29 is 19.5 Å². The molecule has 1 saturated heterocycles. The summed E-state index contributed by atoms with van der Waals surface area (Å²) in [6, 6.07) is 11.0. The average molecular weight is 343 g/mol. The van der Waals surface area contributed by atoms with Crippen molar-refractivity contribution in [1.82, 2.24) is 4.90 Å². The Labute approximate surface area is 143 Å². The highest BCUT2D eigenvalue weighted by molar-refractivity contribution is 7.12. The van der Waals surface area contributed by atoms with Crippen molar-refractivity contribution in [2.24, 2.45) is 5.92 Å². The number of carboxylic acids is 1. The van der Waals surface area contributed by atoms with Gasteiger partial charge in [-0.3, -0.25) is 14.4 Å². The van der Waals surface area contributed by atoms with Crippen LogP contribution in [0.15, 0.2) is 41.8 Å². The number of nitrogens with zero attached hydrogens (tertiary/aromatic N) is 1. The van der Waals surface area contributed by atoms with Crippen LogP contribution in [0, 0.1) is 5.92 Å². The molecule has 0 radical (unpaired) electrons. The Morgan fingerprint density at radius 3 is 2.46 bits per heavy atom. The molecule has 5 nitrogen and oxygen atoms in total. The van der Waals surface area contributed by atoms with Gasteiger partial charge in [-0.2, -0.15) is 0 Å². The third-order valence-corrected chi connectivity index (χ3v) is 5.29. The van der Waals surface area contributed by atoms with E-state index < -0.39 is 11.9 Å². The normalized spacial score (nSPS) is 20.1. The van der Waals surface area contributed by atoms with Crippen LogP contribution in [0.5, 0.6) is 0 Å². The molecule has 0 aliphatic carbocycles. The lowest BCUT2D eigenvalue weighted by Crippen LogP contribution is -2.29. The molecule has 2 heterocycles. The maximum absolute atomic E-state index is 12.7. The van der Waals surface area contributed by atoms with Gasteiger partial charge >= 0.3 is 5.97 Å². The predicted molar refractivity (Wildman–Crippen MR) is 90.5 cm³/mol. The number of likely N-dealkylation sites (tertiary alicyclic amines) is 1. The Hall–Kier alpha value is -2.47. The minimum absolute atomic E-state index is 0.0858. The molecule has 1 aliphatic rings. The van der Waals surface area contributed by atoms with E-state index in [4.69, 9.17) is 0 Å². The number of hydrogen-bond acceptors (Lipinski definition) is 4. The summed E-state index contributed by atoms with van der Waals surface area (Å²) in [6.07, 6.45) is 0. The van der Waals surface area contributed by atoms with Gasteiger partial charge in [0, 0.05) is 30.0 Å². The van der Waals surface area contributed by atoms with Crippen molar-refractivity contribution in [1.29, 1.82) is 0 Å². The van der Waals surface area contributed by atoms with Gasteiger partial charge in [0.2, 0.25) is 0 Å². The van der Waals surface area contributed by atoms with E-state index in [2.05, 4.69) is 0 Å². The molecule has 1 aliphatic heterocycles. The fourth-order valence-electron chi connectivity index (χ4n) is 3.05. The van der Waals surface area contributed by atoms with Gasteiger partial charge in [-0.05, 0) is 18.6 Å². The molecule has 1 fully saturated rings. The number of carbonyl (C=O) groups excluding carboxylic acids is 2. The van der Waals surface area contributed by atoms with Crippen LogP contribution in [0.25, 0.3) is 0 Å². The predicted octanol–water partition coefficient (Wildman–Crippen LogP) is 2.89. The van der Waals surface area contributed by atoms with E-state index in [1.54, 1.807) is 16.3 Å². The number of amides is 1. The zero-order valence-electron chi connectivity index (χ0n) is 13.1. The van der Waals surface area contributed by atoms with Crippen molar-refractivity contribution in [2.45, 2.75) is 12.8 Å². The molecular weight excluding hydrogens is 326 g/mol. The maximum atomic E-state index is 12.7. The highest BCUT2D eigenvalue weighted by Gasteiger charge is 2.40. The molecule has 0 spiro atoms. The summed E-state index contributed by atoms with van der Waals surface area (Å²) in [6.45, 7) is 2.01. The summed E-state index contributed by atoms with van der Waals surface area (Å²) in [4.78, 5) is 37.7. The maximum Gasteiger partial charge on any atom is 0.308 e. The number of ketones is 1. The van der Waals surface area contributed by atoms with Crippen LogP contribution in [-0.4, -0.2) is 40.8 Å². The third kappa shape index (κ3) is 3.10. The van der Waals surface area contributed by atoms with Gasteiger partial charge in [0.1, 0.15) is 0 Å². The van der Waals surface area contributed by atoms with Gasteiger partial charge in [0.25, 0.3) is 5.91 Å². The summed E-state index contributed by atoms with van der Waals surface area (Å²) in [5, 5.41) is 11.2. The molecule has 0 saturated carbocycles. The van der Waals surface area contributed by atoms with E-state index in [9.17, 15) is 19.5 Å². The first-order chi connectivity index (χ1) is 11.5. The molecular formula is C18H17NO4S. The Kier molecular flexibility index (Phi) is 4.49. The molecule has 1 aromatic heterocycles. The molecule has 2 unspecified atom stereocenters. The molecule has 6 heteroatoms. The topological polar surface area (TPSA) is 74.7 Å². The minimum atomic E-state index is -0.894. The zero-order chi connectivity index (χ0) is 17.3. The van der Waals surface area contributed by atoms with E-state index in [0.717, 1.165) is 5.56 Å². The van der Waals surface area contributed by atoms with Crippen LogP contribution >= 0.6 is 11.3 Å². The number of Topliss-reactive ketones (excluding diaryl/α,β-unsaturated/α-hetero) is 1. The van der Waals surface area contributed by atoms with Crippen molar-refractivity contribution in [3.63, 3.8) is 0 Å². The second kappa shape index (κ2) is 6.57. The van der Waals surface area contributed by atoms with Crippen LogP contribution < -0.4 is 0 Å².